The van der Waals surface area contributed by atoms with E-state index < -0.39 is 0 Å². The smallest absolute Gasteiger partial charge is 0.173 e. The highest BCUT2D eigenvalue weighted by Crippen LogP contribution is 2.25. The van der Waals surface area contributed by atoms with Gasteiger partial charge >= 0.3 is 0 Å². The van der Waals surface area contributed by atoms with E-state index in [0.717, 1.165) is 10.7 Å². The van der Waals surface area contributed by atoms with E-state index in [4.69, 9.17) is 16.3 Å². The van der Waals surface area contributed by atoms with Crippen molar-refractivity contribution in [2.24, 2.45) is 0 Å². The molecule has 0 radical (unpaired) electrons. The molecule has 0 amide bonds. The van der Waals surface area contributed by atoms with Gasteiger partial charge in [0, 0.05) is 16.1 Å². The number of halogens is 1. The summed E-state index contributed by atoms with van der Waals surface area (Å²) in [5.41, 5.74) is 1.47. The molecule has 1 aromatic carbocycles. The van der Waals surface area contributed by atoms with Gasteiger partial charge in [-0.1, -0.05) is 11.6 Å². The molecule has 2 aromatic rings. The average molecular weight is 282 g/mol. The fourth-order valence-electron chi connectivity index (χ4n) is 1.61. The van der Waals surface area contributed by atoms with Crippen LogP contribution in [-0.4, -0.2) is 17.9 Å². The van der Waals surface area contributed by atoms with Gasteiger partial charge in [-0.15, -0.1) is 11.3 Å². The van der Waals surface area contributed by atoms with Crippen molar-refractivity contribution in [3.8, 4) is 5.75 Å². The molecule has 1 heterocycles. The Kier molecular flexibility index (Phi) is 3.99. The maximum atomic E-state index is 12.2. The third-order valence-corrected chi connectivity index (χ3v) is 3.64. The summed E-state index contributed by atoms with van der Waals surface area (Å²) >= 11 is 7.35. The highest BCUT2D eigenvalue weighted by molar-refractivity contribution is 7.09. The predicted octanol–water partition coefficient (Wildman–Crippen LogP) is 3.54. The number of benzene rings is 1. The Labute approximate surface area is 114 Å². The van der Waals surface area contributed by atoms with E-state index >= 15 is 0 Å². The van der Waals surface area contributed by atoms with Gasteiger partial charge in [-0.05, 0) is 25.1 Å². The van der Waals surface area contributed by atoms with E-state index in [9.17, 15) is 4.79 Å². The molecule has 2 rings (SSSR count). The summed E-state index contributed by atoms with van der Waals surface area (Å²) < 4.78 is 5.17. The Hall–Kier alpha value is -1.39. The van der Waals surface area contributed by atoms with E-state index in [1.807, 2.05) is 12.3 Å². The summed E-state index contributed by atoms with van der Waals surface area (Å²) in [6.07, 6.45) is 0.288. The Balaban J connectivity index is 2.23. The highest BCUT2D eigenvalue weighted by atomic mass is 35.5. The van der Waals surface area contributed by atoms with Gasteiger partial charge in [0.15, 0.2) is 5.78 Å². The number of nitrogens with zero attached hydrogens (tertiary/aromatic N) is 1. The van der Waals surface area contributed by atoms with Gasteiger partial charge in [0.25, 0.3) is 0 Å². The lowest BCUT2D eigenvalue weighted by Gasteiger charge is -2.07. The number of hydrogen-bond donors (Lipinski definition) is 0. The molecule has 0 aliphatic rings. The maximum absolute atomic E-state index is 12.2. The van der Waals surface area contributed by atoms with Crippen molar-refractivity contribution in [1.29, 1.82) is 0 Å². The van der Waals surface area contributed by atoms with Crippen molar-refractivity contribution < 1.29 is 9.53 Å². The quantitative estimate of drug-likeness (QED) is 0.805. The molecule has 0 bridgehead atoms. The molecule has 0 aliphatic heterocycles. The minimum Gasteiger partial charge on any atom is -0.496 e. The van der Waals surface area contributed by atoms with Gasteiger partial charge in [-0.3, -0.25) is 4.79 Å². The van der Waals surface area contributed by atoms with E-state index in [1.165, 1.54) is 18.4 Å². The number of ketones is 1. The first-order chi connectivity index (χ1) is 8.60. The Bertz CT molecular complexity index is 580. The molecule has 18 heavy (non-hydrogen) atoms. The molecule has 0 spiro atoms. The van der Waals surface area contributed by atoms with Crippen LogP contribution in [0.3, 0.4) is 0 Å². The average Bonchev–Trinajstić information content (AvgIpc) is 2.74. The van der Waals surface area contributed by atoms with Crippen LogP contribution in [0.15, 0.2) is 23.6 Å². The predicted molar refractivity (Wildman–Crippen MR) is 72.9 cm³/mol. The summed E-state index contributed by atoms with van der Waals surface area (Å²) in [6, 6.07) is 5.01. The van der Waals surface area contributed by atoms with Crippen LogP contribution in [0, 0.1) is 6.92 Å². The zero-order valence-corrected chi connectivity index (χ0v) is 11.6. The second-order valence-electron chi connectivity index (χ2n) is 3.83. The van der Waals surface area contributed by atoms with Gasteiger partial charge in [-0.2, -0.15) is 0 Å². The number of aryl methyl sites for hydroxylation is 1. The topological polar surface area (TPSA) is 39.2 Å². The fraction of sp³-hybridized carbons (Fsp3) is 0.231. The highest BCUT2D eigenvalue weighted by Gasteiger charge is 2.14. The van der Waals surface area contributed by atoms with Gasteiger partial charge in [0.1, 0.15) is 10.8 Å². The van der Waals surface area contributed by atoms with E-state index in [2.05, 4.69) is 4.98 Å². The number of ether oxygens (including phenoxy) is 1. The third kappa shape index (κ3) is 2.89. The van der Waals surface area contributed by atoms with Crippen LogP contribution in [0.25, 0.3) is 0 Å². The number of carbonyl (C=O) groups excluding carboxylic acids is 1. The summed E-state index contributed by atoms with van der Waals surface area (Å²) in [5.74, 6) is 0.485. The van der Waals surface area contributed by atoms with Crippen molar-refractivity contribution >= 4 is 28.7 Å². The summed E-state index contributed by atoms with van der Waals surface area (Å²) in [6.45, 7) is 1.91. The van der Waals surface area contributed by atoms with Gasteiger partial charge in [0.05, 0.1) is 19.1 Å². The van der Waals surface area contributed by atoms with Crippen LogP contribution >= 0.6 is 22.9 Å². The SMILES string of the molecule is COc1cc(Cl)ccc1C(=O)Cc1nc(C)cs1. The molecular weight excluding hydrogens is 270 g/mol. The number of carbonyl (C=O) groups is 1. The van der Waals surface area contributed by atoms with Crippen molar-refractivity contribution in [2.75, 3.05) is 7.11 Å². The normalized spacial score (nSPS) is 10.4. The van der Waals surface area contributed by atoms with Gasteiger partial charge in [0.2, 0.25) is 0 Å². The lowest BCUT2D eigenvalue weighted by Crippen LogP contribution is -2.05. The molecule has 0 unspecified atom stereocenters. The standard InChI is InChI=1S/C13H12ClNO2S/c1-8-7-18-13(15-8)6-11(16)10-4-3-9(14)5-12(10)17-2/h3-5,7H,6H2,1-2H3. The molecule has 0 saturated heterocycles. The molecule has 0 N–H and O–H groups in total. The molecule has 0 fully saturated rings. The summed E-state index contributed by atoms with van der Waals surface area (Å²) in [4.78, 5) is 16.4. The first-order valence-electron chi connectivity index (χ1n) is 5.38. The molecule has 0 atom stereocenters. The lowest BCUT2D eigenvalue weighted by atomic mass is 10.1. The number of methoxy groups -OCH3 is 1. The van der Waals surface area contributed by atoms with Crippen LogP contribution in [0.5, 0.6) is 5.75 Å². The monoisotopic (exact) mass is 281 g/mol. The van der Waals surface area contributed by atoms with Crippen LogP contribution in [0.2, 0.25) is 5.02 Å². The van der Waals surface area contributed by atoms with Gasteiger partial charge in [-0.25, -0.2) is 4.98 Å². The minimum atomic E-state index is -0.0159. The Morgan fingerprint density at radius 3 is 2.89 bits per heavy atom. The summed E-state index contributed by atoms with van der Waals surface area (Å²) in [7, 11) is 1.52. The minimum absolute atomic E-state index is 0.0159. The summed E-state index contributed by atoms with van der Waals surface area (Å²) in [5, 5.41) is 3.30. The van der Waals surface area contributed by atoms with E-state index in [-0.39, 0.29) is 12.2 Å². The third-order valence-electron chi connectivity index (χ3n) is 2.44. The second-order valence-corrected chi connectivity index (χ2v) is 5.21. The van der Waals surface area contributed by atoms with E-state index in [1.54, 1.807) is 18.2 Å². The zero-order chi connectivity index (χ0) is 13.1. The van der Waals surface area contributed by atoms with Crippen molar-refractivity contribution in [3.05, 3.63) is 44.9 Å². The molecule has 3 nitrogen and oxygen atoms in total. The van der Waals surface area contributed by atoms with Crippen LogP contribution < -0.4 is 4.74 Å². The Morgan fingerprint density at radius 2 is 2.28 bits per heavy atom. The number of hydrogen-bond acceptors (Lipinski definition) is 4. The van der Waals surface area contributed by atoms with Crippen molar-refractivity contribution in [3.63, 3.8) is 0 Å². The molecule has 0 saturated carbocycles. The van der Waals surface area contributed by atoms with Crippen LogP contribution in [0.1, 0.15) is 21.1 Å². The number of aromatic nitrogens is 1. The zero-order valence-electron chi connectivity index (χ0n) is 10.1. The van der Waals surface area contributed by atoms with Crippen LogP contribution in [0.4, 0.5) is 0 Å². The van der Waals surface area contributed by atoms with Gasteiger partial charge < -0.3 is 4.74 Å². The second kappa shape index (κ2) is 5.50. The largest absolute Gasteiger partial charge is 0.496 e. The lowest BCUT2D eigenvalue weighted by molar-refractivity contribution is 0.0990. The number of rotatable bonds is 4. The maximum Gasteiger partial charge on any atom is 0.173 e. The van der Waals surface area contributed by atoms with E-state index in [0.29, 0.717) is 16.3 Å². The fourth-order valence-corrected chi connectivity index (χ4v) is 2.54. The van der Waals surface area contributed by atoms with Crippen molar-refractivity contribution in [2.45, 2.75) is 13.3 Å². The number of thiazole rings is 1. The molecule has 94 valence electrons. The first kappa shape index (κ1) is 13.1. The first-order valence-corrected chi connectivity index (χ1v) is 6.63. The molecule has 5 heteroatoms. The van der Waals surface area contributed by atoms with Crippen molar-refractivity contribution in [1.82, 2.24) is 4.98 Å². The molecule has 1 aromatic heterocycles. The molecule has 0 aliphatic carbocycles. The molecular formula is C13H12ClNO2S. The van der Waals surface area contributed by atoms with Crippen LogP contribution in [-0.2, 0) is 6.42 Å². The Morgan fingerprint density at radius 1 is 1.50 bits per heavy atom. The number of Topliss-reactive ketones (excluding diaryl/α,β-unsaturated/α-hetero) is 1.